The number of carbonyl (C=O) groups is 4. The number of hydrogen-bond donors (Lipinski definition) is 3. The predicted octanol–water partition coefficient (Wildman–Crippen LogP) is -0.277. The van der Waals surface area contributed by atoms with Gasteiger partial charge in [0.2, 0.25) is 5.79 Å². The molecule has 11 heteroatoms. The van der Waals surface area contributed by atoms with Crippen LogP contribution >= 0.6 is 0 Å². The fourth-order valence-corrected chi connectivity index (χ4v) is 10.6. The highest BCUT2D eigenvalue weighted by Gasteiger charge is 2.93. The number of ether oxygens (including phenoxy) is 4. The smallest absolute Gasteiger partial charge is 0.342 e. The quantitative estimate of drug-likeness (QED) is 0.344. The van der Waals surface area contributed by atoms with Gasteiger partial charge in [0.15, 0.2) is 28.4 Å². The first kappa shape index (κ1) is 24.6. The average molecular weight is 545 g/mol. The van der Waals surface area contributed by atoms with E-state index in [1.807, 2.05) is 0 Å². The van der Waals surface area contributed by atoms with Crippen LogP contribution in [0.25, 0.3) is 0 Å². The van der Waals surface area contributed by atoms with Gasteiger partial charge in [-0.25, -0.2) is 4.79 Å². The first-order chi connectivity index (χ1) is 18.2. The Morgan fingerprint density at radius 1 is 1.05 bits per heavy atom. The molecule has 8 aliphatic rings. The summed E-state index contributed by atoms with van der Waals surface area (Å²) in [4.78, 5) is 55.5. The van der Waals surface area contributed by atoms with E-state index in [9.17, 15) is 34.5 Å². The molecule has 5 saturated heterocycles. The number of allylic oxidation sites excluding steroid dienone is 1. The van der Waals surface area contributed by atoms with Crippen molar-refractivity contribution in [2.24, 2.45) is 34.5 Å². The van der Waals surface area contributed by atoms with Gasteiger partial charge < -0.3 is 34.3 Å². The highest BCUT2D eigenvalue weighted by atomic mass is 16.8. The van der Waals surface area contributed by atoms with E-state index in [2.05, 4.69) is 0 Å². The second-order valence-electron chi connectivity index (χ2n) is 13.8. The molecule has 11 nitrogen and oxygen atoms in total. The molecular weight excluding hydrogens is 512 g/mol. The van der Waals surface area contributed by atoms with Crippen LogP contribution in [0.3, 0.4) is 0 Å². The van der Waals surface area contributed by atoms with Crippen molar-refractivity contribution in [2.75, 3.05) is 6.61 Å². The zero-order valence-corrected chi connectivity index (χ0v) is 22.0. The van der Waals surface area contributed by atoms with Gasteiger partial charge in [0, 0.05) is 5.92 Å². The Balaban J connectivity index is 1.43. The lowest BCUT2D eigenvalue weighted by atomic mass is 9.46. The number of fused-ring (bicyclic) bond motifs is 5. The van der Waals surface area contributed by atoms with E-state index in [-0.39, 0.29) is 38.7 Å². The highest BCUT2D eigenvalue weighted by molar-refractivity contribution is 6.00. The molecule has 0 amide bonds. The van der Waals surface area contributed by atoms with Crippen LogP contribution in [0, 0.1) is 34.5 Å². The molecule has 0 radical (unpaired) electrons. The normalized spacial score (nSPS) is 62.0. The largest absolute Gasteiger partial charge is 0.458 e. The zero-order valence-electron chi connectivity index (χ0n) is 22.0. The van der Waals surface area contributed by atoms with Crippen LogP contribution in [0.2, 0.25) is 0 Å². The molecule has 39 heavy (non-hydrogen) atoms. The third kappa shape index (κ3) is 2.10. The van der Waals surface area contributed by atoms with Crippen molar-refractivity contribution in [3.05, 3.63) is 12.2 Å². The number of Topliss-reactive ketones (excluding diaryl/α,β-unsaturated/α-hetero) is 1. The minimum absolute atomic E-state index is 0.0207. The summed E-state index contributed by atoms with van der Waals surface area (Å²) in [6.45, 7) is 4.69. The lowest BCUT2D eigenvalue weighted by molar-refractivity contribution is -0.382. The molecule has 0 aromatic carbocycles. The molecular formula is C28H32O11. The van der Waals surface area contributed by atoms with Gasteiger partial charge in [-0.3, -0.25) is 14.4 Å². The third-order valence-corrected chi connectivity index (χ3v) is 12.7. The van der Waals surface area contributed by atoms with E-state index in [4.69, 9.17) is 18.9 Å². The van der Waals surface area contributed by atoms with Gasteiger partial charge in [0.05, 0.1) is 30.0 Å². The molecule has 7 fully saturated rings. The van der Waals surface area contributed by atoms with Gasteiger partial charge in [0.1, 0.15) is 11.7 Å². The van der Waals surface area contributed by atoms with Crippen LogP contribution < -0.4 is 0 Å². The molecule has 5 heterocycles. The van der Waals surface area contributed by atoms with Crippen LogP contribution in [-0.4, -0.2) is 85.8 Å². The van der Waals surface area contributed by atoms with E-state index in [1.165, 1.54) is 12.2 Å². The van der Waals surface area contributed by atoms with Gasteiger partial charge in [-0.1, -0.05) is 13.0 Å². The molecule has 0 aromatic rings. The molecule has 0 unspecified atom stereocenters. The molecule has 13 atom stereocenters. The van der Waals surface area contributed by atoms with Crippen molar-refractivity contribution < 1.29 is 53.4 Å². The second-order valence-corrected chi connectivity index (χ2v) is 13.8. The van der Waals surface area contributed by atoms with Gasteiger partial charge >= 0.3 is 11.9 Å². The summed E-state index contributed by atoms with van der Waals surface area (Å²) < 4.78 is 24.9. The molecule has 5 aliphatic heterocycles. The third-order valence-electron chi connectivity index (χ3n) is 12.7. The molecule has 3 N–H and O–H groups in total. The van der Waals surface area contributed by atoms with Crippen LogP contribution in [0.15, 0.2) is 12.2 Å². The SMILES string of the molecule is C[C@@]12C[C@H]3OC(=O)[C@@H]1CO[C@@]14O[C@@]5([C@H]2C1=O)[C@](O)(CC[C@@H]1[C@@H]4C[C@H](O)[C@]2(O)CC=CC(=O)[C@@]12C)C(=O)O[C@]35C. The molecule has 5 bridgehead atoms. The zero-order chi connectivity index (χ0) is 27.8. The number of carbonyl (C=O) groups excluding carboxylic acids is 4. The Labute approximate surface area is 223 Å². The predicted molar refractivity (Wildman–Crippen MR) is 125 cm³/mol. The maximum Gasteiger partial charge on any atom is 0.342 e. The minimum atomic E-state index is -2.32. The molecule has 3 aliphatic carbocycles. The first-order valence-electron chi connectivity index (χ1n) is 13.8. The maximum atomic E-state index is 14.9. The molecule has 2 spiro atoms. The fourth-order valence-electron chi connectivity index (χ4n) is 10.6. The molecule has 8 rings (SSSR count). The van der Waals surface area contributed by atoms with Crippen LogP contribution in [0.4, 0.5) is 0 Å². The van der Waals surface area contributed by atoms with E-state index < -0.39 is 98.4 Å². The van der Waals surface area contributed by atoms with Crippen molar-refractivity contribution in [2.45, 2.75) is 93.3 Å². The summed E-state index contributed by atoms with van der Waals surface area (Å²) in [5.41, 5.74) is -10.4. The molecule has 2 saturated carbocycles. The topological polar surface area (TPSA) is 166 Å². The molecule has 0 aromatic heterocycles. The Bertz CT molecular complexity index is 1330. The van der Waals surface area contributed by atoms with Crippen LogP contribution in [-0.2, 0) is 38.1 Å². The van der Waals surface area contributed by atoms with E-state index in [0.29, 0.717) is 0 Å². The number of aliphatic hydroxyl groups excluding tert-OH is 1. The highest BCUT2D eigenvalue weighted by Crippen LogP contribution is 2.75. The van der Waals surface area contributed by atoms with Crippen molar-refractivity contribution in [1.29, 1.82) is 0 Å². The van der Waals surface area contributed by atoms with Gasteiger partial charge in [-0.2, -0.15) is 0 Å². The number of aliphatic hydroxyl groups is 3. The lowest BCUT2D eigenvalue weighted by Crippen LogP contribution is -2.79. The number of ketones is 2. The summed E-state index contributed by atoms with van der Waals surface area (Å²) in [6.07, 6.45) is 0.491. The minimum Gasteiger partial charge on any atom is -0.458 e. The summed E-state index contributed by atoms with van der Waals surface area (Å²) >= 11 is 0. The van der Waals surface area contributed by atoms with Gasteiger partial charge in [-0.15, -0.1) is 0 Å². The standard InChI is InChI=1S/C28H32O11/c1-22-10-17-24(3)28-18(22)19(31)27(39-28,36-11-14(22)20(32)37-17)13-9-16(30)25(34)7-4-5-15(29)23(25,2)12(13)6-8-26(28,35)21(33)38-24/h4-5,12-14,16-18,30,34-35H,6-11H2,1-3H3/t12-,13+,14+,16+,17-,18+,22-,23-,24-,25-,26+,27+,28-/m1/s1. The van der Waals surface area contributed by atoms with Crippen LogP contribution in [0.5, 0.6) is 0 Å². The summed E-state index contributed by atoms with van der Waals surface area (Å²) in [6, 6.07) is 0. The van der Waals surface area contributed by atoms with E-state index in [1.54, 1.807) is 20.8 Å². The van der Waals surface area contributed by atoms with E-state index >= 15 is 0 Å². The maximum absolute atomic E-state index is 14.9. The van der Waals surface area contributed by atoms with Crippen molar-refractivity contribution in [1.82, 2.24) is 0 Å². The van der Waals surface area contributed by atoms with E-state index in [0.717, 1.165) is 0 Å². The molecule has 210 valence electrons. The number of rotatable bonds is 0. The van der Waals surface area contributed by atoms with Crippen molar-refractivity contribution >= 4 is 23.5 Å². The second kappa shape index (κ2) is 6.49. The van der Waals surface area contributed by atoms with Crippen molar-refractivity contribution in [3.8, 4) is 0 Å². The lowest BCUT2D eigenvalue weighted by Gasteiger charge is -2.64. The Morgan fingerprint density at radius 2 is 1.79 bits per heavy atom. The average Bonchev–Trinajstić information content (AvgIpc) is 3.19. The fraction of sp³-hybridized carbons (Fsp3) is 0.786. The van der Waals surface area contributed by atoms with Gasteiger partial charge in [0.25, 0.3) is 0 Å². The van der Waals surface area contributed by atoms with Crippen LogP contribution in [0.1, 0.15) is 52.9 Å². The Hall–Kier alpha value is -2.18. The Kier molecular flexibility index (Phi) is 4.09. The Morgan fingerprint density at radius 3 is 2.54 bits per heavy atom. The summed E-state index contributed by atoms with van der Waals surface area (Å²) in [7, 11) is 0. The van der Waals surface area contributed by atoms with Gasteiger partial charge in [-0.05, 0) is 63.4 Å². The number of esters is 2. The summed E-state index contributed by atoms with van der Waals surface area (Å²) in [5, 5.41) is 35.6. The first-order valence-corrected chi connectivity index (χ1v) is 13.8. The summed E-state index contributed by atoms with van der Waals surface area (Å²) in [5.74, 6) is -8.35. The van der Waals surface area contributed by atoms with Crippen molar-refractivity contribution in [3.63, 3.8) is 0 Å². The monoisotopic (exact) mass is 544 g/mol. The number of hydrogen-bond acceptors (Lipinski definition) is 11.